The first-order valence-electron chi connectivity index (χ1n) is 6.03. The highest BCUT2D eigenvalue weighted by atomic mass is 19.4. The maximum absolute atomic E-state index is 11.8. The van der Waals surface area contributed by atoms with Gasteiger partial charge in [-0.3, -0.25) is 0 Å². The van der Waals surface area contributed by atoms with Crippen LogP contribution in [0, 0.1) is 5.92 Å². The summed E-state index contributed by atoms with van der Waals surface area (Å²) in [5, 5.41) is 6.79. The van der Waals surface area contributed by atoms with Gasteiger partial charge in [-0.05, 0) is 12.5 Å². The van der Waals surface area contributed by atoms with Crippen molar-refractivity contribution in [3.8, 4) is 0 Å². The van der Waals surface area contributed by atoms with Crippen LogP contribution in [-0.4, -0.2) is 36.1 Å². The predicted octanol–water partition coefficient (Wildman–Crippen LogP) is 1.94. The van der Waals surface area contributed by atoms with E-state index in [2.05, 4.69) is 34.0 Å². The summed E-state index contributed by atoms with van der Waals surface area (Å²) in [6.45, 7) is 4.08. The number of nitrogens with zero attached hydrogens (tertiary/aromatic N) is 2. The lowest BCUT2D eigenvalue weighted by atomic mass is 10.2. The van der Waals surface area contributed by atoms with Gasteiger partial charge in [-0.1, -0.05) is 19.0 Å². The van der Waals surface area contributed by atoms with Gasteiger partial charge in [0.25, 0.3) is 0 Å². The SMILES string of the molecule is CC(C)CNCc1nc(CCOCC(F)(F)F)no1. The molecular formula is C11H18F3N3O2. The molecule has 0 aliphatic rings. The number of halogens is 3. The van der Waals surface area contributed by atoms with Crippen molar-refractivity contribution < 1.29 is 22.4 Å². The molecule has 1 N–H and O–H groups in total. The molecule has 0 amide bonds. The summed E-state index contributed by atoms with van der Waals surface area (Å²) in [7, 11) is 0. The fraction of sp³-hybridized carbons (Fsp3) is 0.818. The zero-order chi connectivity index (χ0) is 14.3. The Hall–Kier alpha value is -1.15. The van der Waals surface area contributed by atoms with Crippen molar-refractivity contribution in [3.63, 3.8) is 0 Å². The molecule has 1 aromatic rings. The number of hydrogen-bond donors (Lipinski definition) is 1. The number of aromatic nitrogens is 2. The van der Waals surface area contributed by atoms with Gasteiger partial charge in [0.05, 0.1) is 13.2 Å². The van der Waals surface area contributed by atoms with Crippen molar-refractivity contribution in [2.45, 2.75) is 33.0 Å². The molecule has 0 bridgehead atoms. The maximum atomic E-state index is 11.8. The van der Waals surface area contributed by atoms with Crippen LogP contribution in [0.1, 0.15) is 25.6 Å². The van der Waals surface area contributed by atoms with Gasteiger partial charge < -0.3 is 14.6 Å². The Morgan fingerprint density at radius 3 is 2.74 bits per heavy atom. The first-order valence-corrected chi connectivity index (χ1v) is 6.03. The van der Waals surface area contributed by atoms with Crippen LogP contribution in [-0.2, 0) is 17.7 Å². The summed E-state index contributed by atoms with van der Waals surface area (Å²) in [5.41, 5.74) is 0. The molecule has 0 fully saturated rings. The monoisotopic (exact) mass is 281 g/mol. The molecule has 5 nitrogen and oxygen atoms in total. The Morgan fingerprint density at radius 1 is 1.37 bits per heavy atom. The summed E-state index contributed by atoms with van der Waals surface area (Å²) in [4.78, 5) is 4.04. The van der Waals surface area contributed by atoms with Gasteiger partial charge in [-0.15, -0.1) is 0 Å². The average Bonchev–Trinajstić information content (AvgIpc) is 2.71. The molecule has 1 heterocycles. The van der Waals surface area contributed by atoms with Gasteiger partial charge in [-0.25, -0.2) is 0 Å². The Morgan fingerprint density at radius 2 is 2.11 bits per heavy atom. The van der Waals surface area contributed by atoms with Gasteiger partial charge >= 0.3 is 6.18 Å². The number of hydrogen-bond acceptors (Lipinski definition) is 5. The Labute approximate surface area is 109 Å². The molecular weight excluding hydrogens is 263 g/mol. The zero-order valence-corrected chi connectivity index (χ0v) is 11.0. The molecule has 0 spiro atoms. The molecule has 0 radical (unpaired) electrons. The van der Waals surface area contributed by atoms with E-state index in [0.29, 0.717) is 24.2 Å². The molecule has 19 heavy (non-hydrogen) atoms. The molecule has 110 valence electrons. The average molecular weight is 281 g/mol. The van der Waals surface area contributed by atoms with Crippen molar-refractivity contribution in [1.29, 1.82) is 0 Å². The van der Waals surface area contributed by atoms with Crippen LogP contribution in [0.25, 0.3) is 0 Å². The van der Waals surface area contributed by atoms with Crippen LogP contribution < -0.4 is 5.32 Å². The highest BCUT2D eigenvalue weighted by Gasteiger charge is 2.27. The Balaban J connectivity index is 2.19. The second kappa shape index (κ2) is 7.44. The van der Waals surface area contributed by atoms with E-state index in [4.69, 9.17) is 4.52 Å². The van der Waals surface area contributed by atoms with Crippen molar-refractivity contribution in [2.24, 2.45) is 5.92 Å². The van der Waals surface area contributed by atoms with Crippen LogP contribution in [0.15, 0.2) is 4.52 Å². The molecule has 0 atom stereocenters. The molecule has 0 saturated carbocycles. The highest BCUT2D eigenvalue weighted by Crippen LogP contribution is 2.14. The van der Waals surface area contributed by atoms with Gasteiger partial charge in [0, 0.05) is 6.42 Å². The number of nitrogens with one attached hydrogen (secondary N) is 1. The molecule has 0 aromatic carbocycles. The lowest BCUT2D eigenvalue weighted by Gasteiger charge is -2.05. The van der Waals surface area contributed by atoms with E-state index in [9.17, 15) is 13.2 Å². The van der Waals surface area contributed by atoms with E-state index in [1.54, 1.807) is 0 Å². The van der Waals surface area contributed by atoms with E-state index in [0.717, 1.165) is 6.54 Å². The van der Waals surface area contributed by atoms with Crippen molar-refractivity contribution in [3.05, 3.63) is 11.7 Å². The summed E-state index contributed by atoms with van der Waals surface area (Å²) < 4.78 is 44.8. The van der Waals surface area contributed by atoms with Crippen LogP contribution in [0.3, 0.4) is 0 Å². The van der Waals surface area contributed by atoms with Crippen LogP contribution in [0.5, 0.6) is 0 Å². The Kier molecular flexibility index (Phi) is 6.23. The largest absolute Gasteiger partial charge is 0.411 e. The predicted molar refractivity (Wildman–Crippen MR) is 61.4 cm³/mol. The first kappa shape index (κ1) is 15.9. The fourth-order valence-electron chi connectivity index (χ4n) is 1.28. The Bertz CT molecular complexity index is 366. The third kappa shape index (κ3) is 7.78. The maximum Gasteiger partial charge on any atom is 0.411 e. The summed E-state index contributed by atoms with van der Waals surface area (Å²) >= 11 is 0. The van der Waals surface area contributed by atoms with Gasteiger partial charge in [0.15, 0.2) is 5.82 Å². The minimum absolute atomic E-state index is 0.0854. The topological polar surface area (TPSA) is 60.2 Å². The highest BCUT2D eigenvalue weighted by molar-refractivity contribution is 4.86. The van der Waals surface area contributed by atoms with E-state index in [1.165, 1.54) is 0 Å². The van der Waals surface area contributed by atoms with Crippen molar-refractivity contribution in [1.82, 2.24) is 15.5 Å². The van der Waals surface area contributed by atoms with Gasteiger partial charge in [0.1, 0.15) is 6.61 Å². The minimum Gasteiger partial charge on any atom is -0.372 e. The molecule has 1 aromatic heterocycles. The summed E-state index contributed by atoms with van der Waals surface area (Å²) in [6.07, 6.45) is -4.10. The molecule has 1 rings (SSSR count). The number of ether oxygens (including phenoxy) is 1. The van der Waals surface area contributed by atoms with Crippen LogP contribution >= 0.6 is 0 Å². The standard InChI is InChI=1S/C11H18F3N3O2/c1-8(2)5-15-6-10-16-9(17-19-10)3-4-18-7-11(12,13)14/h8,15H,3-7H2,1-2H3. The zero-order valence-electron chi connectivity index (χ0n) is 11.0. The summed E-state index contributed by atoms with van der Waals surface area (Å²) in [6, 6.07) is 0. The van der Waals surface area contributed by atoms with E-state index in [-0.39, 0.29) is 13.0 Å². The van der Waals surface area contributed by atoms with E-state index < -0.39 is 12.8 Å². The second-order valence-electron chi connectivity index (χ2n) is 4.55. The summed E-state index contributed by atoms with van der Waals surface area (Å²) in [5.74, 6) is 1.29. The molecule has 8 heteroatoms. The number of rotatable bonds is 8. The molecule has 0 aliphatic carbocycles. The second-order valence-corrected chi connectivity index (χ2v) is 4.55. The van der Waals surface area contributed by atoms with E-state index in [1.807, 2.05) is 0 Å². The van der Waals surface area contributed by atoms with Gasteiger partial charge in [0.2, 0.25) is 5.89 Å². The third-order valence-electron chi connectivity index (χ3n) is 2.07. The van der Waals surface area contributed by atoms with Crippen LogP contribution in [0.4, 0.5) is 13.2 Å². The lowest BCUT2D eigenvalue weighted by molar-refractivity contribution is -0.173. The minimum atomic E-state index is -4.30. The third-order valence-corrected chi connectivity index (χ3v) is 2.07. The molecule has 0 aliphatic heterocycles. The normalized spacial score (nSPS) is 12.3. The quantitative estimate of drug-likeness (QED) is 0.738. The van der Waals surface area contributed by atoms with Crippen molar-refractivity contribution >= 4 is 0 Å². The number of alkyl halides is 3. The van der Waals surface area contributed by atoms with E-state index >= 15 is 0 Å². The lowest BCUT2D eigenvalue weighted by Crippen LogP contribution is -2.19. The smallest absolute Gasteiger partial charge is 0.372 e. The van der Waals surface area contributed by atoms with Crippen LogP contribution in [0.2, 0.25) is 0 Å². The van der Waals surface area contributed by atoms with Crippen molar-refractivity contribution in [2.75, 3.05) is 19.8 Å². The molecule has 0 saturated heterocycles. The first-order chi connectivity index (χ1) is 8.87. The van der Waals surface area contributed by atoms with Gasteiger partial charge in [-0.2, -0.15) is 18.2 Å². The molecule has 0 unspecified atom stereocenters. The fourth-order valence-corrected chi connectivity index (χ4v) is 1.28.